The molecule has 0 amide bonds. The minimum absolute atomic E-state index is 0.486. The number of hydrogen-bond acceptors (Lipinski definition) is 4. The van der Waals surface area contributed by atoms with Crippen LogP contribution in [0, 0.1) is 6.92 Å². The summed E-state index contributed by atoms with van der Waals surface area (Å²) >= 11 is 0. The monoisotopic (exact) mass is 357 g/mol. The van der Waals surface area contributed by atoms with Gasteiger partial charge in [-0.05, 0) is 42.3 Å². The molecule has 1 aromatic carbocycles. The lowest BCUT2D eigenvalue weighted by Crippen LogP contribution is -2.13. The zero-order chi connectivity index (χ0) is 17.6. The molecule has 0 bridgehead atoms. The van der Waals surface area contributed by atoms with E-state index in [1.54, 1.807) is 4.52 Å². The van der Waals surface area contributed by atoms with Crippen LogP contribution in [0.15, 0.2) is 47.6 Å². The number of nitrogens with zero attached hydrogens (tertiary/aromatic N) is 3. The number of fused-ring (bicyclic) bond motifs is 1. The number of hydrogen-bond donors (Lipinski definition) is 0. The molecule has 0 saturated heterocycles. The van der Waals surface area contributed by atoms with E-state index in [0.29, 0.717) is 16.9 Å². The van der Waals surface area contributed by atoms with E-state index >= 15 is 0 Å². The Balaban J connectivity index is 2.09. The third kappa shape index (κ3) is 3.04. The molecular weight excluding hydrogens is 343 g/mol. The molecule has 3 rings (SSSR count). The van der Waals surface area contributed by atoms with E-state index in [1.165, 1.54) is 25.6 Å². The maximum atomic E-state index is 12.9. The highest BCUT2D eigenvalue weighted by molar-refractivity contribution is 8.06. The molecule has 128 valence electrons. The summed E-state index contributed by atoms with van der Waals surface area (Å²) < 4.78 is 56.6. The lowest BCUT2D eigenvalue weighted by Gasteiger charge is -2.19. The predicted octanol–water partition coefficient (Wildman–Crippen LogP) is 3.61. The maximum Gasteiger partial charge on any atom is 0.321 e. The second-order valence-electron chi connectivity index (χ2n) is 5.35. The first-order chi connectivity index (χ1) is 11.2. The van der Waals surface area contributed by atoms with Crippen LogP contribution in [-0.4, -0.2) is 25.9 Å². The summed E-state index contributed by atoms with van der Waals surface area (Å²) in [5.74, 6) is 0. The molecule has 0 N–H and O–H groups in total. The first kappa shape index (κ1) is 16.6. The second-order valence-corrected chi connectivity index (χ2v) is 7.18. The number of methoxy groups -OCH3 is 1. The van der Waals surface area contributed by atoms with Gasteiger partial charge >= 0.3 is 10.2 Å². The summed E-state index contributed by atoms with van der Waals surface area (Å²) in [7, 11) is -5.80. The minimum atomic E-state index is -7.26. The van der Waals surface area contributed by atoms with Crippen molar-refractivity contribution in [1.29, 1.82) is 0 Å². The lowest BCUT2D eigenvalue weighted by atomic mass is 10.0. The Morgan fingerprint density at radius 1 is 1.17 bits per heavy atom. The smallest absolute Gasteiger partial charge is 0.321 e. The van der Waals surface area contributed by atoms with Crippen LogP contribution in [0.25, 0.3) is 5.65 Å². The van der Waals surface area contributed by atoms with Crippen molar-refractivity contribution in [3.05, 3.63) is 59.5 Å². The first-order valence-electron chi connectivity index (χ1n) is 6.92. The Bertz CT molecular complexity index is 955. The molecule has 0 spiro atoms. The summed E-state index contributed by atoms with van der Waals surface area (Å²) in [4.78, 5) is 2.96. The number of aromatic nitrogens is 3. The molecule has 0 aliphatic heterocycles. The van der Waals surface area contributed by atoms with Crippen molar-refractivity contribution in [1.82, 2.24) is 14.6 Å². The summed E-state index contributed by atoms with van der Waals surface area (Å²) in [6.07, 6.45) is 0.750. The molecule has 0 aliphatic carbocycles. The molecule has 0 saturated carbocycles. The molecule has 0 fully saturated rings. The lowest BCUT2D eigenvalue weighted by molar-refractivity contribution is 0.131. The molecule has 9 heteroatoms. The Hall–Kier alpha value is -2.26. The molecule has 2 heterocycles. The second kappa shape index (κ2) is 5.38. The van der Waals surface area contributed by atoms with E-state index in [2.05, 4.69) is 10.1 Å². The molecule has 0 aliphatic rings. The van der Waals surface area contributed by atoms with Gasteiger partial charge in [-0.15, -0.1) is 0 Å². The number of ether oxygens (including phenoxy) is 1. The highest BCUT2D eigenvalue weighted by atomic mass is 32.4. The van der Waals surface area contributed by atoms with Gasteiger partial charge in [0.2, 0.25) is 0 Å². The Morgan fingerprint density at radius 3 is 2.42 bits per heavy atom. The van der Waals surface area contributed by atoms with Crippen molar-refractivity contribution < 1.29 is 20.6 Å². The van der Waals surface area contributed by atoms with Crippen molar-refractivity contribution in [3.8, 4) is 0 Å². The average Bonchev–Trinajstić information content (AvgIpc) is 2.95. The minimum Gasteiger partial charge on any atom is -0.370 e. The first-order valence-corrected chi connectivity index (χ1v) is 8.59. The van der Waals surface area contributed by atoms with Crippen molar-refractivity contribution in [2.75, 3.05) is 7.11 Å². The molecule has 1 unspecified atom stereocenters. The van der Waals surface area contributed by atoms with Crippen molar-refractivity contribution >= 4 is 15.9 Å². The van der Waals surface area contributed by atoms with E-state index in [9.17, 15) is 15.9 Å². The van der Waals surface area contributed by atoms with Gasteiger partial charge in [0.1, 0.15) is 17.3 Å². The highest BCUT2D eigenvalue weighted by Crippen LogP contribution is 2.41. The van der Waals surface area contributed by atoms with Crippen LogP contribution in [0.5, 0.6) is 0 Å². The van der Waals surface area contributed by atoms with Gasteiger partial charge < -0.3 is 4.74 Å². The van der Waals surface area contributed by atoms with E-state index in [0.717, 1.165) is 17.7 Å². The van der Waals surface area contributed by atoms with E-state index in [-0.39, 0.29) is 0 Å². The van der Waals surface area contributed by atoms with E-state index in [1.807, 2.05) is 19.1 Å². The quantitative estimate of drug-likeness (QED) is 0.670. The van der Waals surface area contributed by atoms with E-state index in [4.69, 9.17) is 4.74 Å². The Morgan fingerprint density at radius 2 is 1.83 bits per heavy atom. The van der Waals surface area contributed by atoms with Gasteiger partial charge in [0.05, 0.1) is 5.69 Å². The van der Waals surface area contributed by atoms with Crippen molar-refractivity contribution in [3.63, 3.8) is 0 Å². The average molecular weight is 357 g/mol. The van der Waals surface area contributed by atoms with Crippen LogP contribution in [0.3, 0.4) is 0 Å². The van der Waals surface area contributed by atoms with Gasteiger partial charge in [0, 0.05) is 7.11 Å². The van der Waals surface area contributed by atoms with Crippen LogP contribution in [0.2, 0.25) is 0 Å². The summed E-state index contributed by atoms with van der Waals surface area (Å²) in [5, 5.41) is 4.12. The maximum absolute atomic E-state index is 12.9. The topological polar surface area (TPSA) is 56.5 Å². The number of pyridine rings is 1. The van der Waals surface area contributed by atoms with Crippen LogP contribution in [0.1, 0.15) is 22.9 Å². The van der Waals surface area contributed by atoms with Gasteiger partial charge in [-0.3, -0.25) is 0 Å². The van der Waals surface area contributed by atoms with Crippen LogP contribution >= 0.6 is 0 Å². The number of rotatable bonds is 4. The standard InChI is InChI=1S/C15H14F3N3O2S/c1-10-7-13(21-14(8-10)19-9-20-21)15(23-2)11-3-5-12(6-4-11)24(16,17,18)22/h3-9,15H,1-2H3. The third-order valence-corrected chi connectivity index (χ3v) is 4.60. The number of benzene rings is 1. The van der Waals surface area contributed by atoms with Crippen LogP contribution < -0.4 is 0 Å². The molecule has 0 radical (unpaired) electrons. The fourth-order valence-corrected chi connectivity index (χ4v) is 3.11. The van der Waals surface area contributed by atoms with Gasteiger partial charge in [0.15, 0.2) is 5.65 Å². The van der Waals surface area contributed by atoms with Crippen molar-refractivity contribution in [2.24, 2.45) is 0 Å². The van der Waals surface area contributed by atoms with Gasteiger partial charge in [0.25, 0.3) is 0 Å². The normalized spacial score (nSPS) is 15.1. The van der Waals surface area contributed by atoms with Gasteiger partial charge in [-0.25, -0.2) is 9.50 Å². The Labute approximate surface area is 136 Å². The predicted molar refractivity (Wildman–Crippen MR) is 82.8 cm³/mol. The Kier molecular flexibility index (Phi) is 3.72. The fourth-order valence-electron chi connectivity index (χ4n) is 2.55. The summed E-state index contributed by atoms with van der Waals surface area (Å²) in [6, 6.07) is 7.76. The number of aryl methyl sites for hydroxylation is 1. The molecule has 2 aromatic heterocycles. The van der Waals surface area contributed by atoms with Gasteiger partial charge in [-0.1, -0.05) is 23.8 Å². The fraction of sp³-hybridized carbons (Fsp3) is 0.200. The zero-order valence-corrected chi connectivity index (χ0v) is 13.6. The summed E-state index contributed by atoms with van der Waals surface area (Å²) in [6.45, 7) is 1.88. The zero-order valence-electron chi connectivity index (χ0n) is 12.8. The van der Waals surface area contributed by atoms with Crippen LogP contribution in [0.4, 0.5) is 11.7 Å². The largest absolute Gasteiger partial charge is 0.370 e. The van der Waals surface area contributed by atoms with Crippen LogP contribution in [-0.2, 0) is 15.0 Å². The molecular formula is C15H14F3N3O2S. The molecule has 1 atom stereocenters. The SMILES string of the molecule is COC(c1ccc(S(=O)(F)(F)F)cc1)c1cc(C)cc2ncnn12. The third-order valence-electron chi connectivity index (χ3n) is 3.60. The number of halogens is 3. The molecule has 24 heavy (non-hydrogen) atoms. The van der Waals surface area contributed by atoms with E-state index < -0.39 is 21.2 Å². The van der Waals surface area contributed by atoms with Gasteiger partial charge in [-0.2, -0.15) is 9.31 Å². The highest BCUT2D eigenvalue weighted by Gasteiger charge is 2.37. The molecule has 3 aromatic rings. The van der Waals surface area contributed by atoms with Crippen molar-refractivity contribution in [2.45, 2.75) is 17.9 Å². The molecule has 5 nitrogen and oxygen atoms in total. The summed E-state index contributed by atoms with van der Waals surface area (Å²) in [5.41, 5.74) is 2.66.